The Morgan fingerprint density at radius 3 is 2.40 bits per heavy atom. The van der Waals surface area contributed by atoms with Crippen LogP contribution in [0.5, 0.6) is 0 Å². The topological polar surface area (TPSA) is 52.3 Å². The summed E-state index contributed by atoms with van der Waals surface area (Å²) >= 11 is 0. The fraction of sp³-hybridized carbons (Fsp3) is 0.125. The Kier molecular flexibility index (Phi) is 2.92. The van der Waals surface area contributed by atoms with Crippen LogP contribution in [0.3, 0.4) is 0 Å². The third-order valence-electron chi connectivity index (χ3n) is 1.78. The van der Waals surface area contributed by atoms with Gasteiger partial charge in [0, 0.05) is 5.69 Å². The molecule has 1 aromatic rings. The molecule has 7 heteroatoms. The van der Waals surface area contributed by atoms with E-state index in [1.807, 2.05) is 0 Å². The fourth-order valence-corrected chi connectivity index (χ4v) is 1.10. The van der Waals surface area contributed by atoms with E-state index in [0.29, 0.717) is 0 Å². The molecule has 0 atom stereocenters. The molecule has 0 unspecified atom stereocenters. The molecule has 0 amide bonds. The average Bonchev–Trinajstić information content (AvgIpc) is 2.14. The minimum atomic E-state index is -5.17. The lowest BCUT2D eigenvalue weighted by molar-refractivity contribution is 0.0601. The predicted molar refractivity (Wildman–Crippen MR) is 50.9 cm³/mol. The van der Waals surface area contributed by atoms with Crippen molar-refractivity contribution in [2.75, 3.05) is 12.8 Å². The number of halogens is 3. The highest BCUT2D eigenvalue weighted by Gasteiger charge is 2.26. The standard InChI is InChI=1S/C8H8BF3NO2/c1-15-8(14)5-2-6(9(10,11)12)4-7(13)3-5/h2-4H,13H2,1H3/q-1. The van der Waals surface area contributed by atoms with Gasteiger partial charge in [-0.1, -0.05) is 12.1 Å². The number of carbonyl (C=O) groups is 1. The van der Waals surface area contributed by atoms with Gasteiger partial charge in [-0.25, -0.2) is 4.79 Å². The van der Waals surface area contributed by atoms with Crippen LogP contribution in [-0.4, -0.2) is 20.1 Å². The summed E-state index contributed by atoms with van der Waals surface area (Å²) in [6.07, 6.45) is 0. The van der Waals surface area contributed by atoms with Gasteiger partial charge in [0.1, 0.15) is 0 Å². The van der Waals surface area contributed by atoms with E-state index in [9.17, 15) is 17.7 Å². The van der Waals surface area contributed by atoms with Gasteiger partial charge in [-0.15, -0.1) is 5.46 Å². The van der Waals surface area contributed by atoms with E-state index < -0.39 is 18.4 Å². The van der Waals surface area contributed by atoms with E-state index in [1.165, 1.54) is 0 Å². The van der Waals surface area contributed by atoms with Crippen molar-refractivity contribution >= 4 is 24.1 Å². The molecule has 0 bridgehead atoms. The second kappa shape index (κ2) is 3.84. The van der Waals surface area contributed by atoms with Crippen molar-refractivity contribution in [2.24, 2.45) is 0 Å². The molecule has 0 saturated heterocycles. The molecule has 1 rings (SSSR count). The first-order valence-corrected chi connectivity index (χ1v) is 4.03. The van der Waals surface area contributed by atoms with E-state index in [4.69, 9.17) is 5.73 Å². The lowest BCUT2D eigenvalue weighted by Crippen LogP contribution is -2.34. The van der Waals surface area contributed by atoms with Crippen LogP contribution in [0, 0.1) is 0 Å². The van der Waals surface area contributed by atoms with E-state index in [0.717, 1.165) is 25.3 Å². The number of nitrogen functional groups attached to an aromatic ring is 1. The number of benzene rings is 1. The second-order valence-corrected chi connectivity index (χ2v) is 2.95. The predicted octanol–water partition coefficient (Wildman–Crippen LogP) is 1.11. The second-order valence-electron chi connectivity index (χ2n) is 2.95. The zero-order valence-electron chi connectivity index (χ0n) is 7.84. The minimum absolute atomic E-state index is 0.118. The van der Waals surface area contributed by atoms with Gasteiger partial charge < -0.3 is 23.4 Å². The number of esters is 1. The van der Waals surface area contributed by atoms with Crippen molar-refractivity contribution in [2.45, 2.75) is 0 Å². The average molecular weight is 218 g/mol. The van der Waals surface area contributed by atoms with Gasteiger partial charge in [0.25, 0.3) is 0 Å². The maximum atomic E-state index is 12.4. The third kappa shape index (κ3) is 2.65. The molecule has 0 radical (unpaired) electrons. The molecule has 82 valence electrons. The quantitative estimate of drug-likeness (QED) is 0.459. The fourth-order valence-electron chi connectivity index (χ4n) is 1.10. The van der Waals surface area contributed by atoms with Gasteiger partial charge in [0.15, 0.2) is 0 Å². The molecular formula is C8H8BF3NO2-. The highest BCUT2D eigenvalue weighted by Crippen LogP contribution is 2.14. The van der Waals surface area contributed by atoms with E-state index in [-0.39, 0.29) is 11.3 Å². The summed E-state index contributed by atoms with van der Waals surface area (Å²) in [5.41, 5.74) is 4.02. The minimum Gasteiger partial charge on any atom is -0.465 e. The van der Waals surface area contributed by atoms with Crippen molar-refractivity contribution in [3.05, 3.63) is 23.8 Å². The Balaban J connectivity index is 3.23. The Morgan fingerprint density at radius 1 is 1.33 bits per heavy atom. The van der Waals surface area contributed by atoms with Crippen molar-refractivity contribution in [3.8, 4) is 0 Å². The summed E-state index contributed by atoms with van der Waals surface area (Å²) in [6, 6.07) is 2.64. The zero-order valence-corrected chi connectivity index (χ0v) is 7.84. The van der Waals surface area contributed by atoms with Crippen LogP contribution in [0.4, 0.5) is 18.6 Å². The summed E-state index contributed by atoms with van der Waals surface area (Å²) in [7, 11) is 1.09. The van der Waals surface area contributed by atoms with Crippen LogP contribution in [0.1, 0.15) is 10.4 Å². The number of carbonyl (C=O) groups excluding carboxylic acids is 1. The zero-order chi connectivity index (χ0) is 11.6. The molecule has 0 fully saturated rings. The smallest absolute Gasteiger partial charge is 0.465 e. The van der Waals surface area contributed by atoms with Gasteiger partial charge in [-0.3, -0.25) is 0 Å². The van der Waals surface area contributed by atoms with Gasteiger partial charge >= 0.3 is 12.9 Å². The van der Waals surface area contributed by atoms with Crippen molar-refractivity contribution < 1.29 is 22.5 Å². The van der Waals surface area contributed by atoms with Crippen LogP contribution in [0.25, 0.3) is 0 Å². The van der Waals surface area contributed by atoms with Gasteiger partial charge in [-0.05, 0) is 6.07 Å². The van der Waals surface area contributed by atoms with Gasteiger partial charge in [-0.2, -0.15) is 0 Å². The molecule has 3 nitrogen and oxygen atoms in total. The van der Waals surface area contributed by atoms with E-state index in [2.05, 4.69) is 4.74 Å². The summed E-state index contributed by atoms with van der Waals surface area (Å²) in [5.74, 6) is -0.844. The molecule has 2 N–H and O–H groups in total. The van der Waals surface area contributed by atoms with Crippen LogP contribution in [0.15, 0.2) is 18.2 Å². The van der Waals surface area contributed by atoms with E-state index >= 15 is 0 Å². The Bertz CT molecular complexity index is 392. The number of anilines is 1. The molecular weight excluding hydrogens is 210 g/mol. The molecule has 0 aromatic heterocycles. The molecule has 1 aromatic carbocycles. The van der Waals surface area contributed by atoms with Crippen LogP contribution >= 0.6 is 0 Å². The molecule has 15 heavy (non-hydrogen) atoms. The van der Waals surface area contributed by atoms with Crippen molar-refractivity contribution in [1.82, 2.24) is 0 Å². The van der Waals surface area contributed by atoms with Gasteiger partial charge in [0.2, 0.25) is 0 Å². The Labute approximate surface area is 84.1 Å². The molecule has 0 aliphatic heterocycles. The summed E-state index contributed by atoms with van der Waals surface area (Å²) in [4.78, 5) is 11.0. The SMILES string of the molecule is COC(=O)c1cc(N)cc([B-](F)(F)F)c1. The summed E-state index contributed by atoms with van der Waals surface area (Å²) in [6.45, 7) is -5.17. The number of ether oxygens (including phenoxy) is 1. The third-order valence-corrected chi connectivity index (χ3v) is 1.78. The number of hydrogen-bond acceptors (Lipinski definition) is 3. The highest BCUT2D eigenvalue weighted by atomic mass is 19.4. The summed E-state index contributed by atoms with van der Waals surface area (Å²) in [5, 5.41) is 0. The molecule has 0 heterocycles. The van der Waals surface area contributed by atoms with Crippen LogP contribution < -0.4 is 11.2 Å². The largest absolute Gasteiger partial charge is 0.509 e. The lowest BCUT2D eigenvalue weighted by Gasteiger charge is -2.16. The molecule has 0 aliphatic rings. The maximum Gasteiger partial charge on any atom is 0.509 e. The first kappa shape index (κ1) is 11.4. The van der Waals surface area contributed by atoms with Crippen LogP contribution in [-0.2, 0) is 4.74 Å². The number of rotatable bonds is 2. The number of hydrogen-bond donors (Lipinski definition) is 1. The van der Waals surface area contributed by atoms with Crippen molar-refractivity contribution in [3.63, 3.8) is 0 Å². The number of nitrogens with two attached hydrogens (primary N) is 1. The van der Waals surface area contributed by atoms with Crippen molar-refractivity contribution in [1.29, 1.82) is 0 Å². The first-order chi connectivity index (χ1) is 6.84. The number of methoxy groups -OCH3 is 1. The normalized spacial score (nSPS) is 11.2. The Hall–Kier alpha value is -1.66. The lowest BCUT2D eigenvalue weighted by atomic mass is 9.79. The Morgan fingerprint density at radius 2 is 1.93 bits per heavy atom. The summed E-state index contributed by atoms with van der Waals surface area (Å²) < 4.78 is 41.4. The highest BCUT2D eigenvalue weighted by molar-refractivity contribution is 6.73. The monoisotopic (exact) mass is 218 g/mol. The van der Waals surface area contributed by atoms with Crippen LogP contribution in [0.2, 0.25) is 0 Å². The van der Waals surface area contributed by atoms with Gasteiger partial charge in [0.05, 0.1) is 12.7 Å². The first-order valence-electron chi connectivity index (χ1n) is 4.03. The maximum absolute atomic E-state index is 12.4. The molecule has 0 spiro atoms. The molecule has 0 saturated carbocycles. The van der Waals surface area contributed by atoms with E-state index in [1.54, 1.807) is 0 Å². The molecule has 0 aliphatic carbocycles.